The van der Waals surface area contributed by atoms with Crippen LogP contribution in [0.1, 0.15) is 10.5 Å². The molecule has 0 amide bonds. The van der Waals surface area contributed by atoms with Gasteiger partial charge in [-0.2, -0.15) is 0 Å². The van der Waals surface area contributed by atoms with E-state index in [1.54, 1.807) is 30.3 Å². The van der Waals surface area contributed by atoms with Crippen molar-refractivity contribution in [3.63, 3.8) is 0 Å². The topological polar surface area (TPSA) is 79.7 Å². The first-order valence-corrected chi connectivity index (χ1v) is 6.44. The molecule has 6 heteroatoms. The molecule has 0 aliphatic rings. The molecule has 0 aliphatic heterocycles. The van der Waals surface area contributed by atoms with E-state index >= 15 is 0 Å². The predicted octanol–water partition coefficient (Wildman–Crippen LogP) is 2.22. The molecule has 0 aliphatic carbocycles. The fourth-order valence-electron chi connectivity index (χ4n) is 2.14. The van der Waals surface area contributed by atoms with E-state index in [0.717, 1.165) is 0 Å². The molecular weight excluding hydrogens is 281 g/mol. The van der Waals surface area contributed by atoms with Crippen molar-refractivity contribution >= 4 is 30.2 Å². The van der Waals surface area contributed by atoms with Crippen molar-refractivity contribution in [2.24, 2.45) is 0 Å². The number of aromatic hydroxyl groups is 1. The zero-order valence-corrected chi connectivity index (χ0v) is 11.4. The molecule has 0 atom stereocenters. The van der Waals surface area contributed by atoms with Crippen LogP contribution in [-0.2, 0) is 0 Å². The number of aromatic carboxylic acids is 1. The molecule has 1 aromatic heterocycles. The second kappa shape index (κ2) is 5.40. The monoisotopic (exact) mass is 291 g/mol. The summed E-state index contributed by atoms with van der Waals surface area (Å²) < 4.78 is 5.68. The summed E-state index contributed by atoms with van der Waals surface area (Å²) in [4.78, 5) is 14.7. The molecule has 1 heterocycles. The van der Waals surface area contributed by atoms with Crippen LogP contribution in [-0.4, -0.2) is 29.0 Å². The van der Waals surface area contributed by atoms with Crippen LogP contribution in [0.25, 0.3) is 10.8 Å². The molecular formula is C16H10BNO4. The maximum absolute atomic E-state index is 11.0. The highest BCUT2D eigenvalue weighted by Gasteiger charge is 2.17. The molecule has 2 N–H and O–H groups in total. The van der Waals surface area contributed by atoms with Gasteiger partial charge in [-0.05, 0) is 41.3 Å². The molecule has 0 saturated heterocycles. The third-order valence-corrected chi connectivity index (χ3v) is 3.16. The van der Waals surface area contributed by atoms with Crippen molar-refractivity contribution < 1.29 is 19.7 Å². The van der Waals surface area contributed by atoms with Crippen molar-refractivity contribution in [2.75, 3.05) is 0 Å². The summed E-state index contributed by atoms with van der Waals surface area (Å²) in [6, 6.07) is 14.0. The minimum Gasteiger partial charge on any atom is -0.505 e. The van der Waals surface area contributed by atoms with Crippen molar-refractivity contribution in [2.45, 2.75) is 0 Å². The molecule has 2 aromatic carbocycles. The lowest BCUT2D eigenvalue weighted by atomic mass is 9.95. The van der Waals surface area contributed by atoms with Gasteiger partial charge in [-0.3, -0.25) is 4.98 Å². The molecule has 3 aromatic rings. The van der Waals surface area contributed by atoms with E-state index in [9.17, 15) is 9.90 Å². The molecule has 0 bridgehead atoms. The average molecular weight is 291 g/mol. The fourth-order valence-corrected chi connectivity index (χ4v) is 2.14. The van der Waals surface area contributed by atoms with E-state index in [1.807, 2.05) is 18.2 Å². The Bertz CT molecular complexity index is 865. The van der Waals surface area contributed by atoms with Crippen LogP contribution in [0.2, 0.25) is 0 Å². The number of pyridine rings is 1. The molecule has 5 nitrogen and oxygen atoms in total. The summed E-state index contributed by atoms with van der Waals surface area (Å²) in [6.45, 7) is 0. The van der Waals surface area contributed by atoms with Gasteiger partial charge in [0.1, 0.15) is 19.3 Å². The van der Waals surface area contributed by atoms with Crippen LogP contribution in [0.5, 0.6) is 17.2 Å². The number of carboxylic acid groups (broad SMARTS) is 1. The first-order chi connectivity index (χ1) is 10.6. The molecule has 106 valence electrons. The van der Waals surface area contributed by atoms with Crippen LogP contribution >= 0.6 is 0 Å². The standard InChI is InChI=1S/C16H10BNO4/c17-15-12-8-10(22-9-4-2-1-3-5-9)6-7-11(12)14(19)13(18-15)16(20)21/h1-8,19H,(H,20,21). The smallest absolute Gasteiger partial charge is 0.358 e. The Hall–Kier alpha value is -3.02. The van der Waals surface area contributed by atoms with Gasteiger partial charge in [-0.1, -0.05) is 18.2 Å². The lowest BCUT2D eigenvalue weighted by molar-refractivity contribution is 0.0687. The second-order valence-corrected chi connectivity index (χ2v) is 4.62. The van der Waals surface area contributed by atoms with Gasteiger partial charge in [0, 0.05) is 5.39 Å². The van der Waals surface area contributed by atoms with Crippen LogP contribution in [0.3, 0.4) is 0 Å². The lowest BCUT2D eigenvalue weighted by Gasteiger charge is -2.10. The normalized spacial score (nSPS) is 10.5. The van der Waals surface area contributed by atoms with E-state index in [0.29, 0.717) is 22.3 Å². The Morgan fingerprint density at radius 1 is 1.05 bits per heavy atom. The minimum atomic E-state index is -1.34. The molecule has 0 unspecified atom stereocenters. The van der Waals surface area contributed by atoms with Gasteiger partial charge < -0.3 is 14.9 Å². The third kappa shape index (κ3) is 2.46. The summed E-state index contributed by atoms with van der Waals surface area (Å²) in [5.41, 5.74) is -0.453. The summed E-state index contributed by atoms with van der Waals surface area (Å²) >= 11 is 0. The SMILES string of the molecule is [B]c1nc(C(=O)O)c(O)c2ccc(Oc3ccccc3)cc12. The van der Waals surface area contributed by atoms with Crippen LogP contribution in [0, 0.1) is 0 Å². The zero-order valence-electron chi connectivity index (χ0n) is 11.4. The van der Waals surface area contributed by atoms with Gasteiger partial charge in [-0.15, -0.1) is 0 Å². The van der Waals surface area contributed by atoms with E-state index in [4.69, 9.17) is 17.7 Å². The maximum atomic E-state index is 11.0. The van der Waals surface area contributed by atoms with E-state index in [-0.39, 0.29) is 5.59 Å². The first-order valence-electron chi connectivity index (χ1n) is 6.44. The van der Waals surface area contributed by atoms with Gasteiger partial charge in [0.15, 0.2) is 11.4 Å². The number of para-hydroxylation sites is 1. The number of carbonyl (C=O) groups is 1. The van der Waals surface area contributed by atoms with Crippen LogP contribution in [0.15, 0.2) is 48.5 Å². The summed E-state index contributed by atoms with van der Waals surface area (Å²) in [6.07, 6.45) is 0. The Morgan fingerprint density at radius 2 is 1.77 bits per heavy atom. The van der Waals surface area contributed by atoms with Crippen molar-refractivity contribution in [1.82, 2.24) is 4.98 Å². The number of hydrogen-bond donors (Lipinski definition) is 2. The van der Waals surface area contributed by atoms with Crippen LogP contribution < -0.4 is 10.3 Å². The Labute approximate surface area is 127 Å². The summed E-state index contributed by atoms with van der Waals surface area (Å²) in [5.74, 6) is -0.590. The number of benzene rings is 2. The second-order valence-electron chi connectivity index (χ2n) is 4.62. The number of hydrogen-bond acceptors (Lipinski definition) is 4. The van der Waals surface area contributed by atoms with Gasteiger partial charge in [-0.25, -0.2) is 4.79 Å². The van der Waals surface area contributed by atoms with Crippen molar-refractivity contribution in [1.29, 1.82) is 0 Å². The number of rotatable bonds is 3. The van der Waals surface area contributed by atoms with E-state index < -0.39 is 17.4 Å². The number of ether oxygens (including phenoxy) is 1. The summed E-state index contributed by atoms with van der Waals surface area (Å²) in [5, 5.41) is 19.7. The van der Waals surface area contributed by atoms with Crippen molar-refractivity contribution in [3.8, 4) is 17.2 Å². The first kappa shape index (κ1) is 13.9. The summed E-state index contributed by atoms with van der Waals surface area (Å²) in [7, 11) is 5.78. The number of carboxylic acids is 1. The quantitative estimate of drug-likeness (QED) is 0.723. The predicted molar refractivity (Wildman–Crippen MR) is 82.3 cm³/mol. The molecule has 0 saturated carbocycles. The van der Waals surface area contributed by atoms with Gasteiger partial charge in [0.25, 0.3) is 0 Å². The molecule has 2 radical (unpaired) electrons. The number of nitrogens with zero attached hydrogens (tertiary/aromatic N) is 1. The Kier molecular flexibility index (Phi) is 3.43. The Morgan fingerprint density at radius 3 is 2.45 bits per heavy atom. The van der Waals surface area contributed by atoms with E-state index in [1.165, 1.54) is 0 Å². The average Bonchev–Trinajstić information content (AvgIpc) is 2.51. The molecule has 0 fully saturated rings. The Balaban J connectivity index is 2.09. The third-order valence-electron chi connectivity index (χ3n) is 3.16. The zero-order chi connectivity index (χ0) is 15.7. The largest absolute Gasteiger partial charge is 0.505 e. The lowest BCUT2D eigenvalue weighted by Crippen LogP contribution is -2.15. The molecule has 3 rings (SSSR count). The molecule has 22 heavy (non-hydrogen) atoms. The van der Waals surface area contributed by atoms with Crippen LogP contribution in [0.4, 0.5) is 0 Å². The van der Waals surface area contributed by atoms with Gasteiger partial charge in [0.05, 0.1) is 0 Å². The molecule has 0 spiro atoms. The fraction of sp³-hybridized carbons (Fsp3) is 0. The minimum absolute atomic E-state index is 0.0173. The number of aromatic nitrogens is 1. The van der Waals surface area contributed by atoms with Gasteiger partial charge in [0.2, 0.25) is 0 Å². The number of fused-ring (bicyclic) bond motifs is 1. The van der Waals surface area contributed by atoms with Crippen molar-refractivity contribution in [3.05, 3.63) is 54.2 Å². The highest BCUT2D eigenvalue weighted by atomic mass is 16.5. The van der Waals surface area contributed by atoms with E-state index in [2.05, 4.69) is 4.98 Å². The van der Waals surface area contributed by atoms with Gasteiger partial charge >= 0.3 is 5.97 Å². The highest BCUT2D eigenvalue weighted by Crippen LogP contribution is 2.30. The highest BCUT2D eigenvalue weighted by molar-refractivity contribution is 6.37. The maximum Gasteiger partial charge on any atom is 0.358 e.